The molecule has 1 aromatic rings. The van der Waals surface area contributed by atoms with Crippen molar-refractivity contribution in [3.8, 4) is 0 Å². The number of hydrogen-bond donors (Lipinski definition) is 0. The Morgan fingerprint density at radius 1 is 1.44 bits per heavy atom. The zero-order valence-electron chi connectivity index (χ0n) is 7.38. The minimum atomic E-state index is -4.16. The molecule has 1 rings (SSSR count). The summed E-state index contributed by atoms with van der Waals surface area (Å²) in [6.07, 6.45) is 0.297. The van der Waals surface area contributed by atoms with Crippen molar-refractivity contribution in [1.82, 2.24) is 0 Å². The lowest BCUT2D eigenvalue weighted by Crippen LogP contribution is -1.99. The maximum Gasteiger partial charge on any atom is 0.285 e. The molecule has 86 valence electrons. The minimum Gasteiger partial charge on any atom is -0.298 e. The van der Waals surface area contributed by atoms with E-state index in [-0.39, 0.29) is 10.0 Å². The fourth-order valence-corrected chi connectivity index (χ4v) is 3.24. The number of carbonyl (C=O) groups excluding carboxylic acids is 1. The molecule has 0 heterocycles. The van der Waals surface area contributed by atoms with E-state index < -0.39 is 24.6 Å². The molecule has 0 spiro atoms. The summed E-state index contributed by atoms with van der Waals surface area (Å²) in [6, 6.07) is 1.90. The molecular formula is C7H3BrClNO5S. The Morgan fingerprint density at radius 2 is 2.00 bits per heavy atom. The lowest BCUT2D eigenvalue weighted by molar-refractivity contribution is -0.385. The van der Waals surface area contributed by atoms with Crippen LogP contribution < -0.4 is 0 Å². The van der Waals surface area contributed by atoms with Crippen LogP contribution in [0.3, 0.4) is 0 Å². The molecule has 0 aliphatic heterocycles. The number of nitro groups is 1. The largest absolute Gasteiger partial charge is 0.298 e. The first-order chi connectivity index (χ1) is 7.27. The average Bonchev–Trinajstić information content (AvgIpc) is 2.15. The normalized spacial score (nSPS) is 11.1. The average molecular weight is 329 g/mol. The summed E-state index contributed by atoms with van der Waals surface area (Å²) in [6.45, 7) is 0. The lowest BCUT2D eigenvalue weighted by Gasteiger charge is -2.02. The standard InChI is InChI=1S/C7H3BrClNO5S/c8-7-5(10(12)13)1-4(3-11)2-6(7)16(9,14)15/h1-3H. The van der Waals surface area contributed by atoms with Crippen molar-refractivity contribution in [2.75, 3.05) is 0 Å². The van der Waals surface area contributed by atoms with Crippen molar-refractivity contribution in [3.05, 3.63) is 32.3 Å². The SMILES string of the molecule is O=Cc1cc([N+](=O)[O-])c(Br)c(S(=O)(=O)Cl)c1. The molecule has 0 N–H and O–H groups in total. The first-order valence-electron chi connectivity index (χ1n) is 3.65. The van der Waals surface area contributed by atoms with E-state index in [1.54, 1.807) is 0 Å². The molecule has 0 aromatic heterocycles. The van der Waals surface area contributed by atoms with Gasteiger partial charge >= 0.3 is 0 Å². The summed E-state index contributed by atoms with van der Waals surface area (Å²) >= 11 is 2.76. The summed E-state index contributed by atoms with van der Waals surface area (Å²) in [5.41, 5.74) is -0.682. The van der Waals surface area contributed by atoms with Crippen LogP contribution in [0.15, 0.2) is 21.5 Å². The predicted molar refractivity (Wildman–Crippen MR) is 59.2 cm³/mol. The van der Waals surface area contributed by atoms with Crippen LogP contribution in [0, 0.1) is 10.1 Å². The van der Waals surface area contributed by atoms with Gasteiger partial charge in [0.1, 0.15) is 15.7 Å². The summed E-state index contributed by atoms with van der Waals surface area (Å²) < 4.78 is 21.9. The monoisotopic (exact) mass is 327 g/mol. The number of carbonyl (C=O) groups is 1. The molecule has 0 fully saturated rings. The Morgan fingerprint density at radius 3 is 2.38 bits per heavy atom. The van der Waals surface area contributed by atoms with E-state index in [1.807, 2.05) is 0 Å². The number of hydrogen-bond acceptors (Lipinski definition) is 5. The van der Waals surface area contributed by atoms with Crippen molar-refractivity contribution in [1.29, 1.82) is 0 Å². The topological polar surface area (TPSA) is 94.3 Å². The molecule has 0 unspecified atom stereocenters. The molecule has 1 aromatic carbocycles. The number of benzene rings is 1. The summed E-state index contributed by atoms with van der Waals surface area (Å²) in [5.74, 6) is 0. The molecule has 0 amide bonds. The fraction of sp³-hybridized carbons (Fsp3) is 0. The highest BCUT2D eigenvalue weighted by atomic mass is 79.9. The fourth-order valence-electron chi connectivity index (χ4n) is 0.982. The first-order valence-corrected chi connectivity index (χ1v) is 6.75. The van der Waals surface area contributed by atoms with Crippen molar-refractivity contribution in [2.45, 2.75) is 4.90 Å². The van der Waals surface area contributed by atoms with Crippen molar-refractivity contribution in [3.63, 3.8) is 0 Å². The molecule has 6 nitrogen and oxygen atoms in total. The molecule has 0 atom stereocenters. The van der Waals surface area contributed by atoms with Gasteiger partial charge in [0.15, 0.2) is 0 Å². The molecule has 0 radical (unpaired) electrons. The summed E-state index contributed by atoms with van der Waals surface area (Å²) in [7, 11) is 0.913. The van der Waals surface area contributed by atoms with E-state index in [4.69, 9.17) is 10.7 Å². The maximum absolute atomic E-state index is 11.1. The maximum atomic E-state index is 11.1. The van der Waals surface area contributed by atoms with Crippen LogP contribution in [-0.2, 0) is 9.05 Å². The van der Waals surface area contributed by atoms with Crippen LogP contribution in [0.2, 0.25) is 0 Å². The van der Waals surface area contributed by atoms with Gasteiger partial charge < -0.3 is 0 Å². The second-order valence-corrected chi connectivity index (χ2v) is 5.99. The second kappa shape index (κ2) is 4.48. The number of nitrogens with zero attached hydrogens (tertiary/aromatic N) is 1. The van der Waals surface area contributed by atoms with Crippen LogP contribution in [0.5, 0.6) is 0 Å². The molecule has 0 saturated heterocycles. The van der Waals surface area contributed by atoms with Gasteiger partial charge in [-0.25, -0.2) is 8.42 Å². The van der Waals surface area contributed by atoms with Gasteiger partial charge in [0.05, 0.1) is 4.92 Å². The first kappa shape index (κ1) is 13.1. The Balaban J connectivity index is 3.69. The van der Waals surface area contributed by atoms with Crippen LogP contribution in [0.25, 0.3) is 0 Å². The highest BCUT2D eigenvalue weighted by Gasteiger charge is 2.24. The van der Waals surface area contributed by atoms with Crippen molar-refractivity contribution >= 4 is 47.6 Å². The zero-order valence-corrected chi connectivity index (χ0v) is 10.5. The molecule has 16 heavy (non-hydrogen) atoms. The van der Waals surface area contributed by atoms with Gasteiger partial charge in [0.2, 0.25) is 0 Å². The van der Waals surface area contributed by atoms with Crippen LogP contribution in [0.4, 0.5) is 5.69 Å². The molecule has 0 aliphatic rings. The Bertz CT molecular complexity index is 570. The third-order valence-electron chi connectivity index (χ3n) is 1.64. The highest BCUT2D eigenvalue weighted by molar-refractivity contribution is 9.10. The van der Waals surface area contributed by atoms with Crippen LogP contribution >= 0.6 is 26.6 Å². The van der Waals surface area contributed by atoms with Crippen molar-refractivity contribution < 1.29 is 18.1 Å². The number of rotatable bonds is 3. The Hall–Kier alpha value is -0.990. The zero-order chi connectivity index (χ0) is 12.5. The number of aldehydes is 1. The van der Waals surface area contributed by atoms with E-state index in [1.165, 1.54) is 0 Å². The van der Waals surface area contributed by atoms with Gasteiger partial charge in [0, 0.05) is 22.3 Å². The number of halogens is 2. The van der Waals surface area contributed by atoms with E-state index in [0.29, 0.717) is 6.29 Å². The van der Waals surface area contributed by atoms with Crippen molar-refractivity contribution in [2.24, 2.45) is 0 Å². The quantitative estimate of drug-likeness (QED) is 0.366. The molecule has 0 saturated carbocycles. The van der Waals surface area contributed by atoms with Gasteiger partial charge in [0.25, 0.3) is 14.7 Å². The smallest absolute Gasteiger partial charge is 0.285 e. The number of nitro benzene ring substituents is 1. The lowest BCUT2D eigenvalue weighted by atomic mass is 10.2. The summed E-state index contributed by atoms with van der Waals surface area (Å²) in [5, 5.41) is 10.6. The third kappa shape index (κ3) is 2.57. The van der Waals surface area contributed by atoms with E-state index >= 15 is 0 Å². The van der Waals surface area contributed by atoms with Gasteiger partial charge in [-0.05, 0) is 22.0 Å². The molecular weight excluding hydrogens is 326 g/mol. The Labute approximate surface area is 103 Å². The van der Waals surface area contributed by atoms with Gasteiger partial charge in [-0.2, -0.15) is 0 Å². The summed E-state index contributed by atoms with van der Waals surface area (Å²) in [4.78, 5) is 19.8. The second-order valence-electron chi connectivity index (χ2n) is 2.66. The predicted octanol–water partition coefficient (Wildman–Crippen LogP) is 2.10. The van der Waals surface area contributed by atoms with E-state index in [9.17, 15) is 23.3 Å². The van der Waals surface area contributed by atoms with Crippen LogP contribution in [-0.4, -0.2) is 19.6 Å². The minimum absolute atomic E-state index is 0.144. The molecule has 0 bridgehead atoms. The third-order valence-corrected chi connectivity index (χ3v) is 4.08. The van der Waals surface area contributed by atoms with Gasteiger partial charge in [-0.15, -0.1) is 0 Å². The molecule has 0 aliphatic carbocycles. The van der Waals surface area contributed by atoms with E-state index in [2.05, 4.69) is 15.9 Å². The van der Waals surface area contributed by atoms with Gasteiger partial charge in [-0.1, -0.05) is 0 Å². The Kier molecular flexibility index (Phi) is 3.66. The van der Waals surface area contributed by atoms with Crippen LogP contribution in [0.1, 0.15) is 10.4 Å². The highest BCUT2D eigenvalue weighted by Crippen LogP contribution is 2.34. The van der Waals surface area contributed by atoms with E-state index in [0.717, 1.165) is 12.1 Å². The van der Waals surface area contributed by atoms with Gasteiger partial charge in [-0.3, -0.25) is 14.9 Å². The molecule has 9 heteroatoms.